The molecule has 0 saturated carbocycles. The van der Waals surface area contributed by atoms with Gasteiger partial charge in [-0.05, 0) is 36.2 Å². The van der Waals surface area contributed by atoms with Crippen molar-refractivity contribution in [3.8, 4) is 0 Å². The molecule has 3 aromatic rings. The molecule has 0 aliphatic heterocycles. The van der Waals surface area contributed by atoms with Crippen LogP contribution in [0.15, 0.2) is 48.5 Å². The van der Waals surface area contributed by atoms with Gasteiger partial charge >= 0.3 is 0 Å². The molecular formula is C18H22N4. The van der Waals surface area contributed by atoms with Crippen LogP contribution in [0.5, 0.6) is 0 Å². The van der Waals surface area contributed by atoms with Crippen LogP contribution in [0, 0.1) is 0 Å². The number of nitrogens with zero attached hydrogens (tertiary/aromatic N) is 3. The minimum Gasteiger partial charge on any atom is -0.388 e. The van der Waals surface area contributed by atoms with Crippen molar-refractivity contribution in [2.45, 2.75) is 32.2 Å². The van der Waals surface area contributed by atoms with Gasteiger partial charge in [-0.1, -0.05) is 49.2 Å². The fourth-order valence-electron chi connectivity index (χ4n) is 2.82. The maximum absolute atomic E-state index is 4.42. The molecule has 0 aliphatic rings. The maximum atomic E-state index is 4.42. The third kappa shape index (κ3) is 2.82. The average Bonchev–Trinajstić information content (AvgIpc) is 3.00. The van der Waals surface area contributed by atoms with Crippen LogP contribution in [0.3, 0.4) is 0 Å². The maximum Gasteiger partial charge on any atom is 0.113 e. The van der Waals surface area contributed by atoms with Crippen molar-refractivity contribution in [1.82, 2.24) is 15.0 Å². The Kier molecular flexibility index (Phi) is 4.37. The molecule has 2 aromatic carbocycles. The minimum absolute atomic E-state index is 0.234. The number of benzene rings is 2. The van der Waals surface area contributed by atoms with E-state index in [1.165, 1.54) is 18.4 Å². The number of nitrogens with one attached hydrogen (secondary N) is 1. The van der Waals surface area contributed by atoms with Crippen LogP contribution in [0.1, 0.15) is 37.8 Å². The molecule has 1 aromatic heterocycles. The number of aromatic nitrogens is 3. The van der Waals surface area contributed by atoms with E-state index in [-0.39, 0.29) is 6.04 Å². The normalized spacial score (nSPS) is 12.5. The Morgan fingerprint density at radius 3 is 2.59 bits per heavy atom. The van der Waals surface area contributed by atoms with Crippen LogP contribution in [-0.2, 0) is 0 Å². The van der Waals surface area contributed by atoms with Crippen LogP contribution in [0.25, 0.3) is 11.0 Å². The van der Waals surface area contributed by atoms with Gasteiger partial charge in [-0.3, -0.25) is 0 Å². The number of unbranched alkanes of at least 4 members (excludes halogenated alkanes) is 1. The number of hydrogen-bond donors (Lipinski definition) is 1. The standard InChI is InChI=1S/C18H22N4/c1-3-4-8-17(14-10-12-15(19-2)13-11-14)22-18-9-6-5-7-16(18)20-21-22/h5-7,9-13,17,19H,3-4,8H2,1-2H3. The molecule has 0 aliphatic carbocycles. The van der Waals surface area contributed by atoms with Gasteiger partial charge in [-0.2, -0.15) is 0 Å². The van der Waals surface area contributed by atoms with Crippen LogP contribution >= 0.6 is 0 Å². The van der Waals surface area contributed by atoms with Crippen molar-refractivity contribution in [3.63, 3.8) is 0 Å². The Morgan fingerprint density at radius 2 is 1.86 bits per heavy atom. The zero-order valence-corrected chi connectivity index (χ0v) is 13.2. The van der Waals surface area contributed by atoms with Gasteiger partial charge in [-0.25, -0.2) is 4.68 Å². The van der Waals surface area contributed by atoms with Gasteiger partial charge < -0.3 is 5.32 Å². The second-order valence-corrected chi connectivity index (χ2v) is 5.55. The molecule has 0 bridgehead atoms. The molecule has 1 heterocycles. The van der Waals surface area contributed by atoms with Gasteiger partial charge in [0, 0.05) is 12.7 Å². The lowest BCUT2D eigenvalue weighted by atomic mass is 10.0. The second-order valence-electron chi connectivity index (χ2n) is 5.55. The van der Waals surface area contributed by atoms with Crippen LogP contribution in [0.2, 0.25) is 0 Å². The van der Waals surface area contributed by atoms with Gasteiger partial charge in [0.1, 0.15) is 5.52 Å². The first-order chi connectivity index (χ1) is 10.8. The summed E-state index contributed by atoms with van der Waals surface area (Å²) >= 11 is 0. The zero-order chi connectivity index (χ0) is 15.4. The summed E-state index contributed by atoms with van der Waals surface area (Å²) < 4.78 is 2.07. The van der Waals surface area contributed by atoms with Crippen molar-refractivity contribution in [2.24, 2.45) is 0 Å². The minimum atomic E-state index is 0.234. The number of rotatable bonds is 6. The molecule has 4 nitrogen and oxygen atoms in total. The summed E-state index contributed by atoms with van der Waals surface area (Å²) in [5, 5.41) is 11.9. The summed E-state index contributed by atoms with van der Waals surface area (Å²) in [6.45, 7) is 2.22. The summed E-state index contributed by atoms with van der Waals surface area (Å²) in [4.78, 5) is 0. The number of anilines is 1. The van der Waals surface area contributed by atoms with Gasteiger partial charge in [-0.15, -0.1) is 5.10 Å². The summed E-state index contributed by atoms with van der Waals surface area (Å²) in [6.07, 6.45) is 3.42. The third-order valence-electron chi connectivity index (χ3n) is 4.09. The van der Waals surface area contributed by atoms with E-state index in [0.29, 0.717) is 0 Å². The van der Waals surface area contributed by atoms with E-state index < -0.39 is 0 Å². The van der Waals surface area contributed by atoms with Crippen molar-refractivity contribution in [2.75, 3.05) is 12.4 Å². The predicted octanol–water partition coefficient (Wildman–Crippen LogP) is 4.25. The molecule has 4 heteroatoms. The lowest BCUT2D eigenvalue weighted by Gasteiger charge is -2.18. The summed E-state index contributed by atoms with van der Waals surface area (Å²) in [5.41, 5.74) is 4.46. The van der Waals surface area contributed by atoms with Crippen molar-refractivity contribution in [1.29, 1.82) is 0 Å². The summed E-state index contributed by atoms with van der Waals surface area (Å²) in [5.74, 6) is 0. The summed E-state index contributed by atoms with van der Waals surface area (Å²) in [7, 11) is 1.94. The Hall–Kier alpha value is -2.36. The smallest absolute Gasteiger partial charge is 0.113 e. The van der Waals surface area contributed by atoms with E-state index in [9.17, 15) is 0 Å². The van der Waals surface area contributed by atoms with Gasteiger partial charge in [0.05, 0.1) is 11.6 Å². The number of para-hydroxylation sites is 1. The highest BCUT2D eigenvalue weighted by Gasteiger charge is 2.17. The molecule has 0 radical (unpaired) electrons. The highest BCUT2D eigenvalue weighted by molar-refractivity contribution is 5.74. The highest BCUT2D eigenvalue weighted by atomic mass is 15.4. The van der Waals surface area contributed by atoms with E-state index in [4.69, 9.17) is 0 Å². The van der Waals surface area contributed by atoms with E-state index in [0.717, 1.165) is 23.1 Å². The Morgan fingerprint density at radius 1 is 1.09 bits per heavy atom. The quantitative estimate of drug-likeness (QED) is 0.739. The number of fused-ring (bicyclic) bond motifs is 1. The Bertz CT molecular complexity index is 730. The molecule has 0 fully saturated rings. The molecule has 0 amide bonds. The molecule has 1 atom stereocenters. The fraction of sp³-hybridized carbons (Fsp3) is 0.333. The molecule has 0 spiro atoms. The Labute approximate surface area is 131 Å². The van der Waals surface area contributed by atoms with Crippen LogP contribution in [0.4, 0.5) is 5.69 Å². The first-order valence-electron chi connectivity index (χ1n) is 7.91. The number of hydrogen-bond acceptors (Lipinski definition) is 3. The average molecular weight is 294 g/mol. The molecule has 1 unspecified atom stereocenters. The van der Waals surface area contributed by atoms with Crippen molar-refractivity contribution >= 4 is 16.7 Å². The van der Waals surface area contributed by atoms with E-state index in [2.05, 4.69) is 57.6 Å². The summed E-state index contributed by atoms with van der Waals surface area (Å²) in [6, 6.07) is 17.0. The second kappa shape index (κ2) is 6.60. The topological polar surface area (TPSA) is 42.7 Å². The largest absolute Gasteiger partial charge is 0.388 e. The zero-order valence-electron chi connectivity index (χ0n) is 13.2. The van der Waals surface area contributed by atoms with E-state index >= 15 is 0 Å². The van der Waals surface area contributed by atoms with E-state index in [1.807, 2.05) is 25.2 Å². The first kappa shape index (κ1) is 14.6. The molecule has 3 rings (SSSR count). The molecule has 0 saturated heterocycles. The van der Waals surface area contributed by atoms with E-state index in [1.54, 1.807) is 0 Å². The fourth-order valence-corrected chi connectivity index (χ4v) is 2.82. The van der Waals surface area contributed by atoms with Crippen LogP contribution < -0.4 is 5.32 Å². The van der Waals surface area contributed by atoms with Gasteiger partial charge in [0.25, 0.3) is 0 Å². The lowest BCUT2D eigenvalue weighted by molar-refractivity contribution is 0.472. The van der Waals surface area contributed by atoms with Gasteiger partial charge in [0.15, 0.2) is 0 Å². The predicted molar refractivity (Wildman–Crippen MR) is 91.2 cm³/mol. The monoisotopic (exact) mass is 294 g/mol. The van der Waals surface area contributed by atoms with Gasteiger partial charge in [0.2, 0.25) is 0 Å². The highest BCUT2D eigenvalue weighted by Crippen LogP contribution is 2.27. The third-order valence-corrected chi connectivity index (χ3v) is 4.09. The van der Waals surface area contributed by atoms with Crippen molar-refractivity contribution in [3.05, 3.63) is 54.1 Å². The molecule has 22 heavy (non-hydrogen) atoms. The molecule has 114 valence electrons. The SMILES string of the molecule is CCCCC(c1ccc(NC)cc1)n1nnc2ccccc21. The Balaban J connectivity index is 2.01. The first-order valence-corrected chi connectivity index (χ1v) is 7.91. The van der Waals surface area contributed by atoms with Crippen LogP contribution in [-0.4, -0.2) is 22.0 Å². The molecular weight excluding hydrogens is 272 g/mol. The van der Waals surface area contributed by atoms with Crippen molar-refractivity contribution < 1.29 is 0 Å². The lowest BCUT2D eigenvalue weighted by Crippen LogP contribution is -2.12. The molecule has 1 N–H and O–H groups in total.